The number of nitrogens with zero attached hydrogens (tertiary/aromatic N) is 2. The molecule has 1 aromatic carbocycles. The molecule has 110 valence electrons. The molecule has 1 saturated heterocycles. The normalized spacial score (nSPS) is 15.5. The minimum absolute atomic E-state index is 0.0884. The van der Waals surface area contributed by atoms with E-state index in [0.29, 0.717) is 17.3 Å². The van der Waals surface area contributed by atoms with Crippen LogP contribution in [0, 0.1) is 0 Å². The Bertz CT molecular complexity index is 653. The van der Waals surface area contributed by atoms with Gasteiger partial charge >= 0.3 is 0 Å². The van der Waals surface area contributed by atoms with Crippen molar-refractivity contribution in [1.82, 2.24) is 15.2 Å². The van der Waals surface area contributed by atoms with Gasteiger partial charge in [-0.05, 0) is 31.3 Å². The Balaban J connectivity index is 1.71. The number of nitrogens with one attached hydrogen (secondary N) is 1. The third-order valence-corrected chi connectivity index (χ3v) is 4.20. The molecule has 1 aliphatic heterocycles. The van der Waals surface area contributed by atoms with E-state index in [2.05, 4.69) is 15.2 Å². The summed E-state index contributed by atoms with van der Waals surface area (Å²) in [5.41, 5.74) is 0.580. The van der Waals surface area contributed by atoms with Gasteiger partial charge in [0.05, 0.1) is 5.56 Å². The topological polar surface area (TPSA) is 45.2 Å². The smallest absolute Gasteiger partial charge is 0.253 e. The van der Waals surface area contributed by atoms with Crippen LogP contribution < -0.4 is 5.32 Å². The van der Waals surface area contributed by atoms with Crippen LogP contribution in [0.1, 0.15) is 23.2 Å². The van der Waals surface area contributed by atoms with Crippen LogP contribution in [0.15, 0.2) is 30.5 Å². The highest BCUT2D eigenvalue weighted by Crippen LogP contribution is 2.24. The maximum Gasteiger partial charge on any atom is 0.253 e. The molecule has 1 aromatic heterocycles. The van der Waals surface area contributed by atoms with Crippen molar-refractivity contribution in [2.75, 3.05) is 26.2 Å². The monoisotopic (exact) mass is 303 g/mol. The average Bonchev–Trinajstić information content (AvgIpc) is 3.01. The summed E-state index contributed by atoms with van der Waals surface area (Å²) in [7, 11) is 0. The Labute approximate surface area is 129 Å². The molecule has 21 heavy (non-hydrogen) atoms. The molecule has 3 rings (SSSR count). The molecule has 0 saturated carbocycles. The number of hydrogen-bond acceptors (Lipinski definition) is 3. The molecule has 0 atom stereocenters. The molecule has 0 spiro atoms. The highest BCUT2D eigenvalue weighted by Gasteiger charge is 2.14. The van der Waals surface area contributed by atoms with Crippen LogP contribution in [0.5, 0.6) is 0 Å². The summed E-state index contributed by atoms with van der Waals surface area (Å²) in [6.07, 6.45) is 4.08. The zero-order valence-electron chi connectivity index (χ0n) is 11.8. The minimum Gasteiger partial charge on any atom is -0.351 e. The SMILES string of the molecule is O=C(NCCN1CCCC1)c1cnc(Cl)c2ccccc12. The zero-order valence-corrected chi connectivity index (χ0v) is 12.6. The number of benzene rings is 1. The van der Waals surface area contributed by atoms with E-state index < -0.39 is 0 Å². The van der Waals surface area contributed by atoms with Crippen LogP contribution in [0.3, 0.4) is 0 Å². The largest absolute Gasteiger partial charge is 0.351 e. The number of hydrogen-bond donors (Lipinski definition) is 1. The maximum absolute atomic E-state index is 12.3. The van der Waals surface area contributed by atoms with Gasteiger partial charge in [0.1, 0.15) is 5.15 Å². The molecule has 4 nitrogen and oxygen atoms in total. The zero-order chi connectivity index (χ0) is 14.7. The molecular weight excluding hydrogens is 286 g/mol. The Kier molecular flexibility index (Phi) is 4.36. The third kappa shape index (κ3) is 3.17. The molecule has 2 heterocycles. The van der Waals surface area contributed by atoms with Gasteiger partial charge in [0.25, 0.3) is 5.91 Å². The number of carbonyl (C=O) groups is 1. The summed E-state index contributed by atoms with van der Waals surface area (Å²) in [4.78, 5) is 18.8. The quantitative estimate of drug-likeness (QED) is 0.883. The van der Waals surface area contributed by atoms with Crippen molar-refractivity contribution >= 4 is 28.3 Å². The van der Waals surface area contributed by atoms with Gasteiger partial charge < -0.3 is 10.2 Å². The fraction of sp³-hybridized carbons (Fsp3) is 0.375. The molecular formula is C16H18ClN3O. The van der Waals surface area contributed by atoms with E-state index in [4.69, 9.17) is 11.6 Å². The predicted octanol–water partition coefficient (Wildman–Crippen LogP) is 2.71. The second-order valence-electron chi connectivity index (χ2n) is 5.31. The van der Waals surface area contributed by atoms with Crippen LogP contribution in [0.25, 0.3) is 10.8 Å². The lowest BCUT2D eigenvalue weighted by Gasteiger charge is -2.15. The molecule has 1 amide bonds. The van der Waals surface area contributed by atoms with Gasteiger partial charge in [0, 0.05) is 24.7 Å². The molecule has 1 N–H and O–H groups in total. The van der Waals surface area contributed by atoms with E-state index in [9.17, 15) is 4.79 Å². The van der Waals surface area contributed by atoms with Crippen molar-refractivity contribution in [2.45, 2.75) is 12.8 Å². The average molecular weight is 304 g/mol. The van der Waals surface area contributed by atoms with Crippen molar-refractivity contribution in [3.8, 4) is 0 Å². The summed E-state index contributed by atoms with van der Waals surface area (Å²) < 4.78 is 0. The van der Waals surface area contributed by atoms with Crippen LogP contribution in [-0.2, 0) is 0 Å². The summed E-state index contributed by atoms with van der Waals surface area (Å²) in [6, 6.07) is 7.58. The lowest BCUT2D eigenvalue weighted by atomic mass is 10.1. The van der Waals surface area contributed by atoms with E-state index in [0.717, 1.165) is 30.4 Å². The predicted molar refractivity (Wildman–Crippen MR) is 84.8 cm³/mol. The Morgan fingerprint density at radius 1 is 1.24 bits per heavy atom. The molecule has 5 heteroatoms. The lowest BCUT2D eigenvalue weighted by molar-refractivity contribution is 0.0951. The molecule has 0 aliphatic carbocycles. The summed E-state index contributed by atoms with van der Waals surface area (Å²) >= 11 is 6.07. The number of aromatic nitrogens is 1. The Hall–Kier alpha value is -1.65. The van der Waals surface area contributed by atoms with E-state index in [-0.39, 0.29) is 5.91 Å². The third-order valence-electron chi connectivity index (χ3n) is 3.90. The van der Waals surface area contributed by atoms with Crippen LogP contribution in [-0.4, -0.2) is 42.0 Å². The van der Waals surface area contributed by atoms with Crippen molar-refractivity contribution in [1.29, 1.82) is 0 Å². The standard InChI is InChI=1S/C16H18ClN3O/c17-15-13-6-2-1-5-12(13)14(11-19-15)16(21)18-7-10-20-8-3-4-9-20/h1-2,5-6,11H,3-4,7-10H2,(H,18,21). The molecule has 1 fully saturated rings. The van der Waals surface area contributed by atoms with E-state index in [1.165, 1.54) is 12.8 Å². The molecule has 1 aliphatic rings. The van der Waals surface area contributed by atoms with Gasteiger partial charge in [-0.3, -0.25) is 4.79 Å². The number of amides is 1. The fourth-order valence-electron chi connectivity index (χ4n) is 2.77. The summed E-state index contributed by atoms with van der Waals surface area (Å²) in [5.74, 6) is -0.0884. The second kappa shape index (κ2) is 6.41. The van der Waals surface area contributed by atoms with Crippen molar-refractivity contribution < 1.29 is 4.79 Å². The first kappa shape index (κ1) is 14.3. The second-order valence-corrected chi connectivity index (χ2v) is 5.67. The first-order valence-electron chi connectivity index (χ1n) is 7.29. The first-order valence-corrected chi connectivity index (χ1v) is 7.67. The number of rotatable bonds is 4. The molecule has 2 aromatic rings. The van der Waals surface area contributed by atoms with Gasteiger partial charge in [-0.1, -0.05) is 35.9 Å². The molecule has 0 radical (unpaired) electrons. The van der Waals surface area contributed by atoms with Gasteiger partial charge in [0.2, 0.25) is 0 Å². The highest BCUT2D eigenvalue weighted by molar-refractivity contribution is 6.34. The number of carbonyl (C=O) groups excluding carboxylic acids is 1. The van der Waals surface area contributed by atoms with Crippen molar-refractivity contribution in [2.24, 2.45) is 0 Å². The fourth-order valence-corrected chi connectivity index (χ4v) is 2.98. The van der Waals surface area contributed by atoms with Crippen molar-refractivity contribution in [3.63, 3.8) is 0 Å². The Morgan fingerprint density at radius 3 is 2.71 bits per heavy atom. The van der Waals surface area contributed by atoms with Crippen LogP contribution in [0.4, 0.5) is 0 Å². The van der Waals surface area contributed by atoms with E-state index >= 15 is 0 Å². The number of pyridine rings is 1. The van der Waals surface area contributed by atoms with Crippen LogP contribution >= 0.6 is 11.6 Å². The van der Waals surface area contributed by atoms with Crippen molar-refractivity contribution in [3.05, 3.63) is 41.2 Å². The minimum atomic E-state index is -0.0884. The van der Waals surface area contributed by atoms with Gasteiger partial charge in [-0.25, -0.2) is 4.98 Å². The van der Waals surface area contributed by atoms with Crippen LogP contribution in [0.2, 0.25) is 5.15 Å². The summed E-state index contributed by atoms with van der Waals surface area (Å²) in [5, 5.41) is 5.06. The summed E-state index contributed by atoms with van der Waals surface area (Å²) in [6.45, 7) is 3.85. The Morgan fingerprint density at radius 2 is 1.95 bits per heavy atom. The van der Waals surface area contributed by atoms with Gasteiger partial charge in [0.15, 0.2) is 0 Å². The highest BCUT2D eigenvalue weighted by atomic mass is 35.5. The molecule has 0 bridgehead atoms. The number of halogens is 1. The first-order chi connectivity index (χ1) is 10.3. The van der Waals surface area contributed by atoms with E-state index in [1.54, 1.807) is 6.20 Å². The van der Waals surface area contributed by atoms with Gasteiger partial charge in [-0.2, -0.15) is 0 Å². The number of likely N-dealkylation sites (tertiary alicyclic amines) is 1. The lowest BCUT2D eigenvalue weighted by Crippen LogP contribution is -2.33. The maximum atomic E-state index is 12.3. The van der Waals surface area contributed by atoms with E-state index in [1.807, 2.05) is 24.3 Å². The molecule has 0 unspecified atom stereocenters. The van der Waals surface area contributed by atoms with Gasteiger partial charge in [-0.15, -0.1) is 0 Å². The number of fused-ring (bicyclic) bond motifs is 1.